The molecule has 21 heavy (non-hydrogen) atoms. The Kier molecular flexibility index (Phi) is 3.33. The highest BCUT2D eigenvalue weighted by molar-refractivity contribution is 5.26. The van der Waals surface area contributed by atoms with E-state index in [9.17, 15) is 0 Å². The summed E-state index contributed by atoms with van der Waals surface area (Å²) in [6.45, 7) is 2.44. The summed E-state index contributed by atoms with van der Waals surface area (Å²) in [5.41, 5.74) is 3.11. The number of hydrogen-bond acceptors (Lipinski definition) is 0. The standard InChI is InChI=1S/C21H24/c1-15(16-8-4-2-5-9-16)20-13-19-12-18(20)14-21(19)17-10-6-3-7-11-17/h2-11,15,18-21H,12-14H2,1H3/t15?,18-,19-,20-,21-/m1/s1. The van der Waals surface area contributed by atoms with Crippen molar-refractivity contribution in [2.24, 2.45) is 17.8 Å². The number of rotatable bonds is 3. The first-order valence-corrected chi connectivity index (χ1v) is 8.43. The molecule has 0 nitrogen and oxygen atoms in total. The van der Waals surface area contributed by atoms with Gasteiger partial charge in [0.25, 0.3) is 0 Å². The zero-order valence-corrected chi connectivity index (χ0v) is 12.8. The summed E-state index contributed by atoms with van der Waals surface area (Å²) in [6, 6.07) is 22.3. The Morgan fingerprint density at radius 2 is 1.43 bits per heavy atom. The second-order valence-electron chi connectivity index (χ2n) is 7.11. The lowest BCUT2D eigenvalue weighted by Gasteiger charge is -2.32. The van der Waals surface area contributed by atoms with E-state index < -0.39 is 0 Å². The van der Waals surface area contributed by atoms with Gasteiger partial charge in [-0.1, -0.05) is 67.6 Å². The first-order chi connectivity index (χ1) is 10.3. The van der Waals surface area contributed by atoms with Gasteiger partial charge >= 0.3 is 0 Å². The predicted molar refractivity (Wildman–Crippen MR) is 88.4 cm³/mol. The van der Waals surface area contributed by atoms with Crippen LogP contribution >= 0.6 is 0 Å². The Bertz CT molecular complexity index is 586. The summed E-state index contributed by atoms with van der Waals surface area (Å²) in [7, 11) is 0. The summed E-state index contributed by atoms with van der Waals surface area (Å²) in [4.78, 5) is 0. The second kappa shape index (κ2) is 5.33. The van der Waals surface area contributed by atoms with Gasteiger partial charge in [-0.2, -0.15) is 0 Å². The van der Waals surface area contributed by atoms with Gasteiger partial charge in [0.15, 0.2) is 0 Å². The van der Waals surface area contributed by atoms with E-state index in [1.807, 2.05) is 0 Å². The van der Waals surface area contributed by atoms with Gasteiger partial charge < -0.3 is 0 Å². The highest BCUT2D eigenvalue weighted by Gasteiger charge is 2.47. The highest BCUT2D eigenvalue weighted by Crippen LogP contribution is 2.58. The molecule has 0 aliphatic heterocycles. The largest absolute Gasteiger partial charge is 0.0622 e. The minimum atomic E-state index is 0.720. The molecular weight excluding hydrogens is 252 g/mol. The van der Waals surface area contributed by atoms with Crippen LogP contribution in [0.4, 0.5) is 0 Å². The fourth-order valence-electron chi connectivity index (χ4n) is 5.04. The molecule has 0 amide bonds. The molecule has 4 rings (SSSR count). The van der Waals surface area contributed by atoms with E-state index in [1.165, 1.54) is 24.8 Å². The van der Waals surface area contributed by atoms with Gasteiger partial charge in [0.2, 0.25) is 0 Å². The van der Waals surface area contributed by atoms with Crippen molar-refractivity contribution in [3.63, 3.8) is 0 Å². The van der Waals surface area contributed by atoms with Crippen molar-refractivity contribution in [2.75, 3.05) is 0 Å². The molecule has 1 unspecified atom stereocenters. The van der Waals surface area contributed by atoms with E-state index in [0.29, 0.717) is 0 Å². The lowest BCUT2D eigenvalue weighted by molar-refractivity contribution is 0.270. The monoisotopic (exact) mass is 276 g/mol. The molecule has 2 fully saturated rings. The fraction of sp³-hybridized carbons (Fsp3) is 0.429. The van der Waals surface area contributed by atoms with Crippen LogP contribution in [0, 0.1) is 17.8 Å². The molecule has 2 aromatic carbocycles. The van der Waals surface area contributed by atoms with Gasteiger partial charge in [-0.05, 0) is 60.0 Å². The minimum absolute atomic E-state index is 0.720. The molecule has 2 aliphatic carbocycles. The smallest absolute Gasteiger partial charge is 0.0131 e. The molecule has 2 aliphatic rings. The normalized spacial score (nSPS) is 32.2. The predicted octanol–water partition coefficient (Wildman–Crippen LogP) is 5.62. The first kappa shape index (κ1) is 13.1. The summed E-state index contributed by atoms with van der Waals surface area (Å²) in [6.07, 6.45) is 4.30. The van der Waals surface area contributed by atoms with Crippen molar-refractivity contribution in [1.82, 2.24) is 0 Å². The maximum atomic E-state index is 2.44. The first-order valence-electron chi connectivity index (χ1n) is 8.43. The molecule has 5 atom stereocenters. The van der Waals surface area contributed by atoms with Gasteiger partial charge in [-0.3, -0.25) is 0 Å². The molecule has 2 aromatic rings. The van der Waals surface area contributed by atoms with Gasteiger partial charge in [-0.25, -0.2) is 0 Å². The van der Waals surface area contributed by atoms with Crippen molar-refractivity contribution in [3.05, 3.63) is 71.8 Å². The van der Waals surface area contributed by atoms with Gasteiger partial charge in [0, 0.05) is 0 Å². The lowest BCUT2D eigenvalue weighted by atomic mass is 9.72. The number of hydrogen-bond donors (Lipinski definition) is 0. The maximum Gasteiger partial charge on any atom is -0.0131 e. The van der Waals surface area contributed by atoms with Gasteiger partial charge in [0.1, 0.15) is 0 Å². The van der Waals surface area contributed by atoms with E-state index >= 15 is 0 Å². The molecule has 0 heterocycles. The topological polar surface area (TPSA) is 0 Å². The SMILES string of the molecule is CC(c1ccccc1)[C@H]1C[C@H]2C[C@@H]1C[C@@H]2c1ccccc1. The average Bonchev–Trinajstić information content (AvgIpc) is 3.16. The van der Waals surface area contributed by atoms with Crippen LogP contribution in [0.3, 0.4) is 0 Å². The van der Waals surface area contributed by atoms with E-state index in [4.69, 9.17) is 0 Å². The van der Waals surface area contributed by atoms with Crippen LogP contribution in [0.5, 0.6) is 0 Å². The van der Waals surface area contributed by atoms with Crippen molar-refractivity contribution < 1.29 is 0 Å². The van der Waals surface area contributed by atoms with Gasteiger partial charge in [0.05, 0.1) is 0 Å². The molecule has 108 valence electrons. The molecule has 0 spiro atoms. The third kappa shape index (κ3) is 2.31. The van der Waals surface area contributed by atoms with Crippen LogP contribution in [-0.2, 0) is 0 Å². The zero-order chi connectivity index (χ0) is 14.2. The summed E-state index contributed by atoms with van der Waals surface area (Å²) < 4.78 is 0. The minimum Gasteiger partial charge on any atom is -0.0622 e. The van der Waals surface area contributed by atoms with E-state index in [0.717, 1.165) is 29.6 Å². The molecule has 2 saturated carbocycles. The van der Waals surface area contributed by atoms with Crippen molar-refractivity contribution in [1.29, 1.82) is 0 Å². The Labute approximate surface area is 128 Å². The number of benzene rings is 2. The fourth-order valence-corrected chi connectivity index (χ4v) is 5.04. The van der Waals surface area contributed by atoms with E-state index in [-0.39, 0.29) is 0 Å². The van der Waals surface area contributed by atoms with Gasteiger partial charge in [-0.15, -0.1) is 0 Å². The summed E-state index contributed by atoms with van der Waals surface area (Å²) in [5.74, 6) is 4.31. The van der Waals surface area contributed by atoms with Crippen LogP contribution in [0.1, 0.15) is 49.1 Å². The molecule has 0 N–H and O–H groups in total. The van der Waals surface area contributed by atoms with Crippen molar-refractivity contribution >= 4 is 0 Å². The molecule has 2 bridgehead atoms. The van der Waals surface area contributed by atoms with Crippen molar-refractivity contribution in [2.45, 2.75) is 38.0 Å². The Morgan fingerprint density at radius 1 is 0.762 bits per heavy atom. The maximum absolute atomic E-state index is 2.44. The Hall–Kier alpha value is -1.56. The highest BCUT2D eigenvalue weighted by atomic mass is 14.5. The third-order valence-electron chi connectivity index (χ3n) is 6.11. The third-order valence-corrected chi connectivity index (χ3v) is 6.11. The van der Waals surface area contributed by atoms with E-state index in [2.05, 4.69) is 67.6 Å². The Morgan fingerprint density at radius 3 is 2.05 bits per heavy atom. The molecule has 0 heteroatoms. The molecular formula is C21H24. The quantitative estimate of drug-likeness (QED) is 0.682. The number of fused-ring (bicyclic) bond motifs is 2. The molecule has 0 saturated heterocycles. The molecule has 0 aromatic heterocycles. The lowest BCUT2D eigenvalue weighted by Crippen LogP contribution is -2.21. The molecule has 0 radical (unpaired) electrons. The van der Waals surface area contributed by atoms with Crippen LogP contribution in [0.15, 0.2) is 60.7 Å². The Balaban J connectivity index is 1.50. The second-order valence-corrected chi connectivity index (χ2v) is 7.11. The van der Waals surface area contributed by atoms with Crippen molar-refractivity contribution in [3.8, 4) is 0 Å². The van der Waals surface area contributed by atoms with Crippen LogP contribution in [0.2, 0.25) is 0 Å². The summed E-state index contributed by atoms with van der Waals surface area (Å²) >= 11 is 0. The zero-order valence-electron chi connectivity index (χ0n) is 12.8. The van der Waals surface area contributed by atoms with Crippen LogP contribution < -0.4 is 0 Å². The average molecular weight is 276 g/mol. The van der Waals surface area contributed by atoms with Crippen LogP contribution in [0.25, 0.3) is 0 Å². The summed E-state index contributed by atoms with van der Waals surface area (Å²) in [5, 5.41) is 0. The van der Waals surface area contributed by atoms with E-state index in [1.54, 1.807) is 5.56 Å². The van der Waals surface area contributed by atoms with Crippen LogP contribution in [-0.4, -0.2) is 0 Å².